The third-order valence-corrected chi connectivity index (χ3v) is 6.67. The quantitative estimate of drug-likeness (QED) is 0.471. The van der Waals surface area contributed by atoms with Gasteiger partial charge in [0.2, 0.25) is 0 Å². The zero-order valence-electron chi connectivity index (χ0n) is 16.1. The molecule has 0 unspecified atom stereocenters. The lowest BCUT2D eigenvalue weighted by atomic mass is 9.74. The highest BCUT2D eigenvalue weighted by Crippen LogP contribution is 2.44. The number of rotatable bonds is 6. The van der Waals surface area contributed by atoms with E-state index in [0.29, 0.717) is 0 Å². The van der Waals surface area contributed by atoms with Gasteiger partial charge >= 0.3 is 5.97 Å². The zero-order valence-corrected chi connectivity index (χ0v) is 16.9. The first-order valence-electron chi connectivity index (χ1n) is 8.82. The van der Waals surface area contributed by atoms with Crippen LogP contribution < -0.4 is 0 Å². The van der Waals surface area contributed by atoms with Gasteiger partial charge in [0.1, 0.15) is 0 Å². The number of hydrogen-bond acceptors (Lipinski definition) is 3. The summed E-state index contributed by atoms with van der Waals surface area (Å²) < 4.78 is 4.70. The van der Waals surface area contributed by atoms with Gasteiger partial charge in [0.15, 0.2) is 0 Å². The van der Waals surface area contributed by atoms with E-state index in [1.807, 2.05) is 6.08 Å². The number of methoxy groups -OCH3 is 1. The van der Waals surface area contributed by atoms with Crippen molar-refractivity contribution >= 4 is 23.4 Å². The topological polar surface area (TPSA) is 26.3 Å². The summed E-state index contributed by atoms with van der Waals surface area (Å²) in [5.41, 5.74) is 5.27. The van der Waals surface area contributed by atoms with Gasteiger partial charge in [0, 0.05) is 21.2 Å². The Hall–Kier alpha value is -1.87. The van der Waals surface area contributed by atoms with Crippen LogP contribution in [0.4, 0.5) is 0 Å². The molecule has 2 nitrogen and oxygen atoms in total. The second kappa shape index (κ2) is 8.01. The third kappa shape index (κ3) is 3.87. The molecule has 2 rings (SSSR count). The highest BCUT2D eigenvalue weighted by atomic mass is 32.1. The first-order chi connectivity index (χ1) is 11.9. The first kappa shape index (κ1) is 19.5. The van der Waals surface area contributed by atoms with E-state index >= 15 is 0 Å². The third-order valence-electron chi connectivity index (χ3n) is 5.27. The number of aryl methyl sites for hydroxylation is 3. The molecule has 0 saturated heterocycles. The van der Waals surface area contributed by atoms with Crippen LogP contribution in [0.15, 0.2) is 30.3 Å². The number of thiophene rings is 1. The van der Waals surface area contributed by atoms with E-state index in [4.69, 9.17) is 4.74 Å². The molecule has 25 heavy (non-hydrogen) atoms. The predicted molar refractivity (Wildman–Crippen MR) is 107 cm³/mol. The van der Waals surface area contributed by atoms with E-state index in [1.54, 1.807) is 11.3 Å². The van der Waals surface area contributed by atoms with E-state index < -0.39 is 0 Å². The Balaban J connectivity index is 2.52. The molecular formula is C22H28O2S. The minimum absolute atomic E-state index is 0.0191. The summed E-state index contributed by atoms with van der Waals surface area (Å²) in [7, 11) is 1.40. The average molecular weight is 357 g/mol. The maximum atomic E-state index is 11.4. The summed E-state index contributed by atoms with van der Waals surface area (Å²) in [6.45, 7) is 11.0. The summed E-state index contributed by atoms with van der Waals surface area (Å²) >= 11 is 1.78. The van der Waals surface area contributed by atoms with E-state index in [-0.39, 0.29) is 11.4 Å². The van der Waals surface area contributed by atoms with Gasteiger partial charge in [-0.1, -0.05) is 32.0 Å². The van der Waals surface area contributed by atoms with E-state index in [2.05, 4.69) is 58.9 Å². The minimum Gasteiger partial charge on any atom is -0.466 e. The molecule has 0 bridgehead atoms. The Morgan fingerprint density at radius 1 is 1.08 bits per heavy atom. The van der Waals surface area contributed by atoms with E-state index in [0.717, 1.165) is 17.7 Å². The van der Waals surface area contributed by atoms with Crippen molar-refractivity contribution in [3.63, 3.8) is 0 Å². The fraction of sp³-hybridized carbons (Fsp3) is 0.409. The predicted octanol–water partition coefficient (Wildman–Crippen LogP) is 5.97. The Morgan fingerprint density at radius 3 is 2.32 bits per heavy atom. The standard InChI is InChI=1S/C22H28O2S/c1-7-22(8-2,18-10-9-15(3)16(4)13-18)20-14-17(5)19(25-20)11-12-21(23)24-6/h9-14H,7-8H2,1-6H3/b12-11+. The number of esters is 1. The Kier molecular flexibility index (Phi) is 6.23. The molecule has 0 spiro atoms. The molecule has 0 saturated carbocycles. The molecule has 1 aromatic carbocycles. The number of carbonyl (C=O) groups excluding carboxylic acids is 1. The van der Waals surface area contributed by atoms with Crippen LogP contribution in [-0.4, -0.2) is 13.1 Å². The highest BCUT2D eigenvalue weighted by Gasteiger charge is 2.32. The Bertz CT molecular complexity index is 779. The molecule has 1 aromatic heterocycles. The molecule has 0 aliphatic heterocycles. The van der Waals surface area contributed by atoms with Gasteiger partial charge in [-0.25, -0.2) is 4.79 Å². The number of hydrogen-bond donors (Lipinski definition) is 0. The normalized spacial score (nSPS) is 11.9. The summed E-state index contributed by atoms with van der Waals surface area (Å²) in [5.74, 6) is -0.319. The smallest absolute Gasteiger partial charge is 0.330 e. The second-order valence-electron chi connectivity index (χ2n) is 6.60. The van der Waals surface area contributed by atoms with Gasteiger partial charge in [-0.2, -0.15) is 0 Å². The summed E-state index contributed by atoms with van der Waals surface area (Å²) in [5, 5.41) is 0. The van der Waals surface area contributed by atoms with Gasteiger partial charge in [-0.05, 0) is 68.0 Å². The summed E-state index contributed by atoms with van der Waals surface area (Å²) in [6.07, 6.45) is 5.46. The van der Waals surface area contributed by atoms with Gasteiger partial charge in [-0.3, -0.25) is 0 Å². The maximum absolute atomic E-state index is 11.4. The number of ether oxygens (including phenoxy) is 1. The highest BCUT2D eigenvalue weighted by molar-refractivity contribution is 7.13. The molecule has 0 fully saturated rings. The molecule has 0 atom stereocenters. The van der Waals surface area contributed by atoms with Crippen LogP contribution in [0.25, 0.3) is 6.08 Å². The molecule has 0 aliphatic rings. The van der Waals surface area contributed by atoms with E-state index in [1.165, 1.54) is 40.3 Å². The van der Waals surface area contributed by atoms with Gasteiger partial charge in [-0.15, -0.1) is 11.3 Å². The van der Waals surface area contributed by atoms with Gasteiger partial charge in [0.05, 0.1) is 7.11 Å². The summed E-state index contributed by atoms with van der Waals surface area (Å²) in [4.78, 5) is 13.9. The average Bonchev–Trinajstić information content (AvgIpc) is 2.98. The van der Waals surface area contributed by atoms with Crippen molar-refractivity contribution < 1.29 is 9.53 Å². The van der Waals surface area contributed by atoms with Gasteiger partial charge in [0.25, 0.3) is 0 Å². The molecule has 134 valence electrons. The number of carbonyl (C=O) groups is 1. The Labute approximate surface area is 155 Å². The Morgan fingerprint density at radius 2 is 1.76 bits per heavy atom. The van der Waals surface area contributed by atoms with Crippen LogP contribution in [0.2, 0.25) is 0 Å². The summed E-state index contributed by atoms with van der Waals surface area (Å²) in [6, 6.07) is 9.11. The fourth-order valence-corrected chi connectivity index (χ4v) is 4.73. The van der Waals surface area contributed by atoms with Crippen LogP contribution >= 0.6 is 11.3 Å². The van der Waals surface area contributed by atoms with Crippen molar-refractivity contribution in [2.75, 3.05) is 7.11 Å². The molecular weight excluding hydrogens is 328 g/mol. The lowest BCUT2D eigenvalue weighted by Crippen LogP contribution is -2.25. The van der Waals surface area contributed by atoms with Crippen LogP contribution in [0.1, 0.15) is 58.7 Å². The van der Waals surface area contributed by atoms with Crippen molar-refractivity contribution in [2.45, 2.75) is 52.9 Å². The van der Waals surface area contributed by atoms with Crippen LogP contribution in [0, 0.1) is 20.8 Å². The minimum atomic E-state index is -0.319. The molecule has 0 N–H and O–H groups in total. The van der Waals surface area contributed by atoms with Crippen molar-refractivity contribution in [2.24, 2.45) is 0 Å². The SMILES string of the molecule is CCC(CC)(c1ccc(C)c(C)c1)c1cc(C)c(/C=C/C(=O)OC)s1. The van der Waals surface area contributed by atoms with Crippen molar-refractivity contribution in [3.8, 4) is 0 Å². The van der Waals surface area contributed by atoms with Crippen LogP contribution in [0.3, 0.4) is 0 Å². The molecule has 2 aromatic rings. The first-order valence-corrected chi connectivity index (χ1v) is 9.64. The fourth-order valence-electron chi connectivity index (χ4n) is 3.30. The van der Waals surface area contributed by atoms with Crippen molar-refractivity contribution in [1.82, 2.24) is 0 Å². The molecule has 3 heteroatoms. The second-order valence-corrected chi connectivity index (χ2v) is 7.69. The lowest BCUT2D eigenvalue weighted by molar-refractivity contribution is -0.134. The van der Waals surface area contributed by atoms with Crippen LogP contribution in [0.5, 0.6) is 0 Å². The van der Waals surface area contributed by atoms with Gasteiger partial charge < -0.3 is 4.74 Å². The molecule has 1 heterocycles. The molecule has 0 radical (unpaired) electrons. The number of benzene rings is 1. The largest absolute Gasteiger partial charge is 0.466 e. The zero-order chi connectivity index (χ0) is 18.6. The monoisotopic (exact) mass is 356 g/mol. The van der Waals surface area contributed by atoms with Crippen molar-refractivity contribution in [1.29, 1.82) is 0 Å². The molecule has 0 aliphatic carbocycles. The molecule has 0 amide bonds. The lowest BCUT2D eigenvalue weighted by Gasteiger charge is -2.32. The van der Waals surface area contributed by atoms with E-state index in [9.17, 15) is 4.79 Å². The maximum Gasteiger partial charge on any atom is 0.330 e. The van der Waals surface area contributed by atoms with Crippen LogP contribution in [-0.2, 0) is 14.9 Å². The van der Waals surface area contributed by atoms with Crippen molar-refractivity contribution in [3.05, 3.63) is 62.3 Å².